The van der Waals surface area contributed by atoms with Crippen LogP contribution in [0.2, 0.25) is 0 Å². The van der Waals surface area contributed by atoms with Gasteiger partial charge in [0, 0.05) is 22.8 Å². The molecule has 4 rings (SSSR count). The van der Waals surface area contributed by atoms with Crippen molar-refractivity contribution in [1.82, 2.24) is 10.3 Å². The van der Waals surface area contributed by atoms with E-state index < -0.39 is 21.8 Å². The highest BCUT2D eigenvalue weighted by atomic mass is 32.2. The quantitative estimate of drug-likeness (QED) is 0.293. The minimum absolute atomic E-state index is 0.0171. The molecule has 0 saturated carbocycles. The fraction of sp³-hybridized carbons (Fsp3) is 0.0385. The minimum atomic E-state index is -3.82. The zero-order valence-corrected chi connectivity index (χ0v) is 20.8. The Hall–Kier alpha value is -4.28. The molecule has 0 atom stereocenters. The van der Waals surface area contributed by atoms with E-state index in [1.165, 1.54) is 30.5 Å². The summed E-state index contributed by atoms with van der Waals surface area (Å²) in [5, 5.41) is 7.30. The summed E-state index contributed by atoms with van der Waals surface area (Å²) < 4.78 is 27.5. The number of nitrogens with one attached hydrogen (secondary N) is 3. The van der Waals surface area contributed by atoms with Gasteiger partial charge in [-0.25, -0.2) is 13.4 Å². The van der Waals surface area contributed by atoms with Crippen LogP contribution in [0.3, 0.4) is 0 Å². The highest BCUT2D eigenvalue weighted by Crippen LogP contribution is 2.20. The maximum atomic E-state index is 13.1. The monoisotopic (exact) mass is 518 g/mol. The molecule has 2 amide bonds. The molecule has 1 heterocycles. The van der Waals surface area contributed by atoms with Crippen molar-refractivity contribution < 1.29 is 18.0 Å². The van der Waals surface area contributed by atoms with E-state index in [1.54, 1.807) is 35.7 Å². The summed E-state index contributed by atoms with van der Waals surface area (Å²) in [5.41, 5.74) is 2.54. The molecule has 10 heteroatoms. The van der Waals surface area contributed by atoms with E-state index in [0.717, 1.165) is 22.5 Å². The number of benzene rings is 3. The Morgan fingerprint density at radius 2 is 1.61 bits per heavy atom. The van der Waals surface area contributed by atoms with E-state index in [-0.39, 0.29) is 15.7 Å². The van der Waals surface area contributed by atoms with Crippen LogP contribution in [-0.2, 0) is 14.8 Å². The average Bonchev–Trinajstić information content (AvgIpc) is 3.37. The van der Waals surface area contributed by atoms with E-state index in [4.69, 9.17) is 0 Å². The van der Waals surface area contributed by atoms with Gasteiger partial charge in [-0.3, -0.25) is 14.3 Å². The van der Waals surface area contributed by atoms with E-state index in [0.29, 0.717) is 11.3 Å². The molecule has 36 heavy (non-hydrogen) atoms. The molecule has 0 radical (unpaired) electrons. The molecule has 0 spiro atoms. The number of aryl methyl sites for hydroxylation is 1. The first-order valence-corrected chi connectivity index (χ1v) is 13.1. The van der Waals surface area contributed by atoms with Crippen LogP contribution in [0, 0.1) is 6.92 Å². The standard InChI is InChI=1S/C26H22N4O4S2/c1-18-7-9-20(10-8-18)24(31)29-23(17-19-5-3-2-4-6-19)25(32)28-21-11-13-22(14-12-21)36(33,34)30-26-27-15-16-35-26/h2-17H,1H3,(H,27,30)(H,28,32)(H,29,31)/b23-17+. The molecule has 0 aliphatic heterocycles. The Morgan fingerprint density at radius 1 is 0.917 bits per heavy atom. The molecule has 4 aromatic rings. The van der Waals surface area contributed by atoms with Gasteiger partial charge in [-0.05, 0) is 55.0 Å². The molecule has 0 aliphatic rings. The number of nitrogens with zero attached hydrogens (tertiary/aromatic N) is 1. The van der Waals surface area contributed by atoms with Gasteiger partial charge in [0.1, 0.15) is 5.70 Å². The van der Waals surface area contributed by atoms with Crippen molar-refractivity contribution >= 4 is 50.1 Å². The van der Waals surface area contributed by atoms with Gasteiger partial charge < -0.3 is 10.6 Å². The van der Waals surface area contributed by atoms with Crippen molar-refractivity contribution in [3.05, 3.63) is 113 Å². The molecular weight excluding hydrogens is 496 g/mol. The smallest absolute Gasteiger partial charge is 0.272 e. The lowest BCUT2D eigenvalue weighted by Crippen LogP contribution is -2.30. The van der Waals surface area contributed by atoms with E-state index in [9.17, 15) is 18.0 Å². The predicted octanol–water partition coefficient (Wildman–Crippen LogP) is 4.66. The van der Waals surface area contributed by atoms with Crippen molar-refractivity contribution in [2.75, 3.05) is 10.0 Å². The Balaban J connectivity index is 1.52. The number of thiazole rings is 1. The normalized spacial score (nSPS) is 11.5. The fourth-order valence-electron chi connectivity index (χ4n) is 3.14. The largest absolute Gasteiger partial charge is 0.321 e. The number of carbonyl (C=O) groups excluding carboxylic acids is 2. The number of sulfonamides is 1. The van der Waals surface area contributed by atoms with Crippen molar-refractivity contribution in [3.8, 4) is 0 Å². The van der Waals surface area contributed by atoms with E-state index in [1.807, 2.05) is 37.3 Å². The fourth-order valence-corrected chi connectivity index (χ4v) is 4.93. The number of hydrogen-bond donors (Lipinski definition) is 3. The topological polar surface area (TPSA) is 117 Å². The molecule has 182 valence electrons. The molecule has 3 N–H and O–H groups in total. The van der Waals surface area contributed by atoms with E-state index >= 15 is 0 Å². The lowest BCUT2D eigenvalue weighted by Gasteiger charge is -2.12. The molecule has 0 bridgehead atoms. The highest BCUT2D eigenvalue weighted by molar-refractivity contribution is 7.93. The minimum Gasteiger partial charge on any atom is -0.321 e. The van der Waals surface area contributed by atoms with Crippen LogP contribution in [0.1, 0.15) is 21.5 Å². The molecular formula is C26H22N4O4S2. The zero-order valence-electron chi connectivity index (χ0n) is 19.1. The molecule has 0 saturated heterocycles. The Labute approximate surface area is 212 Å². The lowest BCUT2D eigenvalue weighted by molar-refractivity contribution is -0.113. The summed E-state index contributed by atoms with van der Waals surface area (Å²) in [6.07, 6.45) is 3.07. The van der Waals surface area contributed by atoms with Gasteiger partial charge in [-0.2, -0.15) is 0 Å². The average molecular weight is 519 g/mol. The summed E-state index contributed by atoms with van der Waals surface area (Å²) in [6.45, 7) is 1.92. The third-order valence-corrected chi connectivity index (χ3v) is 7.17. The summed E-state index contributed by atoms with van der Waals surface area (Å²) in [6, 6.07) is 21.8. The Morgan fingerprint density at radius 3 is 2.25 bits per heavy atom. The first-order chi connectivity index (χ1) is 17.3. The summed E-state index contributed by atoms with van der Waals surface area (Å²) in [4.78, 5) is 29.8. The number of amides is 2. The molecule has 0 aliphatic carbocycles. The number of aromatic nitrogens is 1. The summed E-state index contributed by atoms with van der Waals surface area (Å²) in [7, 11) is -3.82. The Kier molecular flexibility index (Phi) is 7.57. The lowest BCUT2D eigenvalue weighted by atomic mass is 10.1. The van der Waals surface area contributed by atoms with Crippen LogP contribution in [0.4, 0.5) is 10.8 Å². The van der Waals surface area contributed by atoms with Gasteiger partial charge in [0.15, 0.2) is 5.13 Å². The summed E-state index contributed by atoms with van der Waals surface area (Å²) in [5.74, 6) is -0.988. The van der Waals surface area contributed by atoms with Crippen LogP contribution < -0.4 is 15.4 Å². The van der Waals surface area contributed by atoms with Crippen LogP contribution in [-0.4, -0.2) is 25.2 Å². The molecule has 8 nitrogen and oxygen atoms in total. The maximum absolute atomic E-state index is 13.1. The van der Waals surface area contributed by atoms with Crippen molar-refractivity contribution in [2.45, 2.75) is 11.8 Å². The third kappa shape index (κ3) is 6.44. The van der Waals surface area contributed by atoms with Gasteiger partial charge in [0.2, 0.25) is 0 Å². The second-order valence-electron chi connectivity index (χ2n) is 7.71. The second kappa shape index (κ2) is 11.0. The third-order valence-electron chi connectivity index (χ3n) is 4.99. The molecule has 0 fully saturated rings. The maximum Gasteiger partial charge on any atom is 0.272 e. The summed E-state index contributed by atoms with van der Waals surface area (Å²) >= 11 is 1.16. The molecule has 0 unspecified atom stereocenters. The number of anilines is 2. The second-order valence-corrected chi connectivity index (χ2v) is 10.3. The Bertz CT molecular complexity index is 1480. The van der Waals surface area contributed by atoms with E-state index in [2.05, 4.69) is 20.3 Å². The first kappa shape index (κ1) is 24.8. The van der Waals surface area contributed by atoms with Crippen molar-refractivity contribution in [1.29, 1.82) is 0 Å². The SMILES string of the molecule is Cc1ccc(C(=O)N/C(=C/c2ccccc2)C(=O)Nc2ccc(S(=O)(=O)Nc3nccs3)cc2)cc1. The van der Waals surface area contributed by atoms with Gasteiger partial charge in [0.25, 0.3) is 21.8 Å². The molecule has 1 aromatic heterocycles. The molecule has 3 aromatic carbocycles. The van der Waals surface area contributed by atoms with Crippen LogP contribution in [0.5, 0.6) is 0 Å². The van der Waals surface area contributed by atoms with Gasteiger partial charge >= 0.3 is 0 Å². The number of hydrogen-bond acceptors (Lipinski definition) is 6. The van der Waals surface area contributed by atoms with Crippen LogP contribution in [0.15, 0.2) is 101 Å². The van der Waals surface area contributed by atoms with Crippen LogP contribution in [0.25, 0.3) is 6.08 Å². The number of carbonyl (C=O) groups is 2. The van der Waals surface area contributed by atoms with Crippen molar-refractivity contribution in [3.63, 3.8) is 0 Å². The first-order valence-electron chi connectivity index (χ1n) is 10.8. The number of rotatable bonds is 8. The zero-order chi connectivity index (χ0) is 25.5. The van der Waals surface area contributed by atoms with Gasteiger partial charge in [-0.15, -0.1) is 11.3 Å². The van der Waals surface area contributed by atoms with Crippen molar-refractivity contribution in [2.24, 2.45) is 0 Å². The predicted molar refractivity (Wildman–Crippen MR) is 141 cm³/mol. The van der Waals surface area contributed by atoms with Gasteiger partial charge in [0.05, 0.1) is 4.90 Å². The van der Waals surface area contributed by atoms with Crippen LogP contribution >= 0.6 is 11.3 Å². The highest BCUT2D eigenvalue weighted by Gasteiger charge is 2.18. The van der Waals surface area contributed by atoms with Gasteiger partial charge in [-0.1, -0.05) is 48.0 Å².